The Balaban J connectivity index is 1.88. The number of imidazole rings is 1. The molecule has 1 N–H and O–H groups in total. The summed E-state index contributed by atoms with van der Waals surface area (Å²) in [6, 6.07) is 6.09. The van der Waals surface area contributed by atoms with Crippen molar-refractivity contribution in [2.45, 2.75) is 19.8 Å². The molecule has 3 nitrogen and oxygen atoms in total. The summed E-state index contributed by atoms with van der Waals surface area (Å²) in [5, 5.41) is 3.43. The van der Waals surface area contributed by atoms with Crippen molar-refractivity contribution >= 4 is 23.1 Å². The molecule has 0 saturated carbocycles. The predicted octanol–water partition coefficient (Wildman–Crippen LogP) is 3.40. The van der Waals surface area contributed by atoms with Crippen molar-refractivity contribution in [2.24, 2.45) is 5.92 Å². The Morgan fingerprint density at radius 2 is 2.35 bits per heavy atom. The minimum atomic E-state index is 0.600. The molecule has 2 rings (SSSR count). The normalized spacial score (nSPS) is 12.8. The molecule has 2 heterocycles. The van der Waals surface area contributed by atoms with Gasteiger partial charge >= 0.3 is 0 Å². The number of fused-ring (bicyclic) bond motifs is 1. The van der Waals surface area contributed by atoms with Crippen LogP contribution in [0.15, 0.2) is 30.6 Å². The molecule has 2 aromatic heterocycles. The molecule has 0 spiro atoms. The number of aromatic nitrogens is 2. The smallest absolute Gasteiger partial charge is 0.138 e. The third kappa shape index (κ3) is 3.13. The van der Waals surface area contributed by atoms with E-state index in [1.807, 2.05) is 24.5 Å². The van der Waals surface area contributed by atoms with Crippen LogP contribution < -0.4 is 5.32 Å². The van der Waals surface area contributed by atoms with Gasteiger partial charge < -0.3 is 5.32 Å². The molecular formula is C13H18ClN3. The summed E-state index contributed by atoms with van der Waals surface area (Å²) in [6.45, 7) is 3.15. The molecule has 1 atom stereocenters. The second kappa shape index (κ2) is 5.92. The molecular weight excluding hydrogens is 234 g/mol. The van der Waals surface area contributed by atoms with E-state index in [2.05, 4.69) is 27.7 Å². The Morgan fingerprint density at radius 3 is 3.18 bits per heavy atom. The van der Waals surface area contributed by atoms with Gasteiger partial charge in [-0.3, -0.25) is 4.40 Å². The molecule has 92 valence electrons. The van der Waals surface area contributed by atoms with Gasteiger partial charge in [0, 0.05) is 24.8 Å². The van der Waals surface area contributed by atoms with Gasteiger partial charge in [-0.1, -0.05) is 13.0 Å². The lowest BCUT2D eigenvalue weighted by molar-refractivity contribution is 0.572. The van der Waals surface area contributed by atoms with Crippen molar-refractivity contribution in [1.82, 2.24) is 9.38 Å². The van der Waals surface area contributed by atoms with Crippen molar-refractivity contribution in [1.29, 1.82) is 0 Å². The van der Waals surface area contributed by atoms with Crippen molar-refractivity contribution in [2.75, 3.05) is 17.7 Å². The molecule has 0 fully saturated rings. The summed E-state index contributed by atoms with van der Waals surface area (Å²) in [5.41, 5.74) is 0.976. The molecule has 0 bridgehead atoms. The first kappa shape index (κ1) is 12.2. The lowest BCUT2D eigenvalue weighted by atomic mass is 10.1. The number of pyridine rings is 1. The highest BCUT2D eigenvalue weighted by molar-refractivity contribution is 6.18. The van der Waals surface area contributed by atoms with Crippen molar-refractivity contribution in [3.63, 3.8) is 0 Å². The summed E-state index contributed by atoms with van der Waals surface area (Å²) in [4.78, 5) is 4.25. The highest BCUT2D eigenvalue weighted by Crippen LogP contribution is 2.12. The number of rotatable bonds is 6. The van der Waals surface area contributed by atoms with Gasteiger partial charge in [0.25, 0.3) is 0 Å². The molecule has 0 aliphatic carbocycles. The van der Waals surface area contributed by atoms with Gasteiger partial charge in [-0.05, 0) is 30.9 Å². The van der Waals surface area contributed by atoms with Crippen LogP contribution in [0, 0.1) is 5.92 Å². The van der Waals surface area contributed by atoms with Gasteiger partial charge in [-0.15, -0.1) is 11.6 Å². The molecule has 17 heavy (non-hydrogen) atoms. The van der Waals surface area contributed by atoms with Crippen LogP contribution in [0.4, 0.5) is 5.82 Å². The van der Waals surface area contributed by atoms with Crippen LogP contribution in [0.2, 0.25) is 0 Å². The third-order valence-electron chi connectivity index (χ3n) is 2.87. The fourth-order valence-corrected chi connectivity index (χ4v) is 1.99. The van der Waals surface area contributed by atoms with Crippen LogP contribution in [0.1, 0.15) is 19.8 Å². The predicted molar refractivity (Wildman–Crippen MR) is 72.8 cm³/mol. The van der Waals surface area contributed by atoms with Gasteiger partial charge in [0.05, 0.1) is 0 Å². The van der Waals surface area contributed by atoms with E-state index in [1.54, 1.807) is 0 Å². The van der Waals surface area contributed by atoms with Crippen LogP contribution >= 0.6 is 11.6 Å². The molecule has 0 amide bonds. The number of nitrogens with zero attached hydrogens (tertiary/aromatic N) is 2. The minimum Gasteiger partial charge on any atom is -0.371 e. The van der Waals surface area contributed by atoms with Crippen molar-refractivity contribution in [3.8, 4) is 0 Å². The van der Waals surface area contributed by atoms with E-state index in [1.165, 1.54) is 0 Å². The summed E-state index contributed by atoms with van der Waals surface area (Å²) in [5.74, 6) is 2.44. The first-order valence-corrected chi connectivity index (χ1v) is 6.56. The maximum absolute atomic E-state index is 5.78. The van der Waals surface area contributed by atoms with Gasteiger partial charge in [-0.2, -0.15) is 0 Å². The highest BCUT2D eigenvalue weighted by atomic mass is 35.5. The molecule has 0 aromatic carbocycles. The maximum atomic E-state index is 5.78. The van der Waals surface area contributed by atoms with E-state index in [0.29, 0.717) is 5.92 Å². The Morgan fingerprint density at radius 1 is 1.47 bits per heavy atom. The number of alkyl halides is 1. The van der Waals surface area contributed by atoms with E-state index in [9.17, 15) is 0 Å². The molecule has 0 radical (unpaired) electrons. The highest BCUT2D eigenvalue weighted by Gasteiger charge is 2.01. The monoisotopic (exact) mass is 251 g/mol. The fourth-order valence-electron chi connectivity index (χ4n) is 1.84. The average molecular weight is 252 g/mol. The minimum absolute atomic E-state index is 0.600. The maximum Gasteiger partial charge on any atom is 0.138 e. The molecule has 0 aliphatic rings. The Bertz CT molecular complexity index is 466. The average Bonchev–Trinajstić information content (AvgIpc) is 2.83. The van der Waals surface area contributed by atoms with Crippen LogP contribution in [-0.2, 0) is 0 Å². The molecule has 2 aromatic rings. The molecule has 0 aliphatic heterocycles. The Labute approximate surface area is 107 Å². The summed E-state index contributed by atoms with van der Waals surface area (Å²) in [7, 11) is 0. The zero-order valence-corrected chi connectivity index (χ0v) is 10.8. The van der Waals surface area contributed by atoms with Crippen molar-refractivity contribution < 1.29 is 0 Å². The summed E-state index contributed by atoms with van der Waals surface area (Å²) >= 11 is 5.78. The van der Waals surface area contributed by atoms with Gasteiger partial charge in [0.2, 0.25) is 0 Å². The number of hydrogen-bond donors (Lipinski definition) is 1. The topological polar surface area (TPSA) is 29.3 Å². The van der Waals surface area contributed by atoms with E-state index in [0.717, 1.165) is 36.7 Å². The molecule has 0 saturated heterocycles. The third-order valence-corrected chi connectivity index (χ3v) is 3.40. The number of halogens is 1. The van der Waals surface area contributed by atoms with Crippen LogP contribution in [0.3, 0.4) is 0 Å². The fraction of sp³-hybridized carbons (Fsp3) is 0.462. The summed E-state index contributed by atoms with van der Waals surface area (Å²) in [6.07, 6.45) is 6.09. The second-order valence-electron chi connectivity index (χ2n) is 4.39. The van der Waals surface area contributed by atoms with Crippen LogP contribution in [0.25, 0.3) is 5.65 Å². The Kier molecular flexibility index (Phi) is 4.26. The Hall–Kier alpha value is -1.22. The zero-order valence-electron chi connectivity index (χ0n) is 10.1. The first-order chi connectivity index (χ1) is 8.31. The van der Waals surface area contributed by atoms with E-state index in [-0.39, 0.29) is 0 Å². The standard InChI is InChI=1S/C13H18ClN3/c1-11(10-14)4-3-7-15-12-5-2-6-13-16-8-9-17(12)13/h2,5-6,8-9,11,15H,3-4,7,10H2,1H3. The lowest BCUT2D eigenvalue weighted by Crippen LogP contribution is -2.07. The zero-order chi connectivity index (χ0) is 12.1. The molecule has 4 heteroatoms. The van der Waals surface area contributed by atoms with Gasteiger partial charge in [-0.25, -0.2) is 4.98 Å². The van der Waals surface area contributed by atoms with E-state index >= 15 is 0 Å². The SMILES string of the molecule is CC(CCl)CCCNc1cccc2nccn12. The van der Waals surface area contributed by atoms with Gasteiger partial charge in [0.15, 0.2) is 0 Å². The number of nitrogens with one attached hydrogen (secondary N) is 1. The second-order valence-corrected chi connectivity index (χ2v) is 4.70. The summed E-state index contributed by atoms with van der Waals surface area (Å²) < 4.78 is 2.06. The largest absolute Gasteiger partial charge is 0.371 e. The van der Waals surface area contributed by atoms with Crippen LogP contribution in [-0.4, -0.2) is 21.8 Å². The first-order valence-electron chi connectivity index (χ1n) is 6.03. The van der Waals surface area contributed by atoms with Crippen molar-refractivity contribution in [3.05, 3.63) is 30.6 Å². The number of anilines is 1. The quantitative estimate of drug-likeness (QED) is 0.630. The van der Waals surface area contributed by atoms with Crippen LogP contribution in [0.5, 0.6) is 0 Å². The van der Waals surface area contributed by atoms with E-state index in [4.69, 9.17) is 11.6 Å². The lowest BCUT2D eigenvalue weighted by Gasteiger charge is -2.10. The number of hydrogen-bond acceptors (Lipinski definition) is 2. The van der Waals surface area contributed by atoms with Gasteiger partial charge in [0.1, 0.15) is 11.5 Å². The molecule has 1 unspecified atom stereocenters. The van der Waals surface area contributed by atoms with E-state index < -0.39 is 0 Å².